The normalized spacial score (nSPS) is 10.2. The number of nitrogens with one attached hydrogen (secondary N) is 1. The molecule has 0 saturated carbocycles. The van der Waals surface area contributed by atoms with Crippen LogP contribution in [0.15, 0.2) is 0 Å². The van der Waals surface area contributed by atoms with E-state index in [2.05, 4.69) is 12.2 Å². The van der Waals surface area contributed by atoms with E-state index in [1.165, 1.54) is 0 Å². The predicted octanol–water partition coefficient (Wildman–Crippen LogP) is 0.867. The summed E-state index contributed by atoms with van der Waals surface area (Å²) in [7, 11) is 0. The van der Waals surface area contributed by atoms with Crippen molar-refractivity contribution < 1.29 is 14.6 Å². The molecule has 0 aliphatic rings. The van der Waals surface area contributed by atoms with Gasteiger partial charge < -0.3 is 15.2 Å². The molecule has 0 unspecified atom stereocenters. The van der Waals surface area contributed by atoms with Crippen LogP contribution < -0.4 is 5.32 Å². The zero-order chi connectivity index (χ0) is 9.94. The summed E-state index contributed by atoms with van der Waals surface area (Å²) in [5.41, 5.74) is 0. The Morgan fingerprint density at radius 3 is 2.77 bits per heavy atom. The van der Waals surface area contributed by atoms with Crippen molar-refractivity contribution in [1.29, 1.82) is 0 Å². The van der Waals surface area contributed by atoms with Crippen LogP contribution in [0.5, 0.6) is 0 Å². The second-order valence-corrected chi connectivity index (χ2v) is 2.86. The highest BCUT2D eigenvalue weighted by Crippen LogP contribution is 1.84. The summed E-state index contributed by atoms with van der Waals surface area (Å²) < 4.78 is 5.25. The Kier molecular flexibility index (Phi) is 9.03. The number of carboxylic acid groups (broad SMARTS) is 1. The molecule has 13 heavy (non-hydrogen) atoms. The third-order valence-electron chi connectivity index (χ3n) is 1.51. The monoisotopic (exact) mass is 189 g/mol. The fraction of sp³-hybridized carbons (Fsp3) is 0.889. The lowest BCUT2D eigenvalue weighted by Crippen LogP contribution is -2.20. The van der Waals surface area contributed by atoms with Crippen LogP contribution in [0.3, 0.4) is 0 Å². The van der Waals surface area contributed by atoms with Gasteiger partial charge in [-0.15, -0.1) is 0 Å². The Hall–Kier alpha value is -0.610. The van der Waals surface area contributed by atoms with E-state index in [0.29, 0.717) is 6.54 Å². The number of carbonyl (C=O) groups is 1. The lowest BCUT2D eigenvalue weighted by atomic mass is 10.4. The molecule has 0 spiro atoms. The van der Waals surface area contributed by atoms with Gasteiger partial charge in [0.2, 0.25) is 0 Å². The molecule has 4 nitrogen and oxygen atoms in total. The van der Waals surface area contributed by atoms with Crippen molar-refractivity contribution in [3.05, 3.63) is 0 Å². The summed E-state index contributed by atoms with van der Waals surface area (Å²) in [4.78, 5) is 10.1. The van der Waals surface area contributed by atoms with E-state index < -0.39 is 5.97 Å². The molecular weight excluding hydrogens is 170 g/mol. The van der Waals surface area contributed by atoms with E-state index in [0.717, 1.165) is 32.6 Å². The average Bonchev–Trinajstić information content (AvgIpc) is 2.09. The van der Waals surface area contributed by atoms with E-state index in [9.17, 15) is 4.79 Å². The van der Waals surface area contributed by atoms with Crippen LogP contribution in [-0.4, -0.2) is 37.4 Å². The molecule has 0 aliphatic carbocycles. The molecule has 0 atom stereocenters. The van der Waals surface area contributed by atoms with Gasteiger partial charge in [0.25, 0.3) is 0 Å². The maximum Gasteiger partial charge on any atom is 0.304 e. The molecule has 0 aliphatic heterocycles. The number of hydrogen-bond donors (Lipinski definition) is 2. The molecule has 0 amide bonds. The van der Waals surface area contributed by atoms with Crippen molar-refractivity contribution in [2.45, 2.75) is 26.2 Å². The van der Waals surface area contributed by atoms with Crippen LogP contribution in [-0.2, 0) is 9.53 Å². The summed E-state index contributed by atoms with van der Waals surface area (Å²) >= 11 is 0. The summed E-state index contributed by atoms with van der Waals surface area (Å²) in [6, 6.07) is 0. The van der Waals surface area contributed by atoms with Gasteiger partial charge in [-0.05, 0) is 19.4 Å². The molecule has 0 fully saturated rings. The fourth-order valence-electron chi connectivity index (χ4n) is 0.866. The minimum absolute atomic E-state index is 0.190. The van der Waals surface area contributed by atoms with Crippen LogP contribution in [0.2, 0.25) is 0 Å². The van der Waals surface area contributed by atoms with Crippen LogP contribution >= 0.6 is 0 Å². The van der Waals surface area contributed by atoms with Crippen LogP contribution in [0.4, 0.5) is 0 Å². The molecule has 0 aromatic heterocycles. The first kappa shape index (κ1) is 12.4. The van der Waals surface area contributed by atoms with Crippen molar-refractivity contribution in [3.8, 4) is 0 Å². The Balaban J connectivity index is 2.87. The van der Waals surface area contributed by atoms with E-state index >= 15 is 0 Å². The molecule has 0 aromatic rings. The van der Waals surface area contributed by atoms with E-state index in [1.807, 2.05) is 0 Å². The highest BCUT2D eigenvalue weighted by molar-refractivity contribution is 5.66. The summed E-state index contributed by atoms with van der Waals surface area (Å²) in [5, 5.41) is 11.4. The van der Waals surface area contributed by atoms with Gasteiger partial charge >= 0.3 is 5.97 Å². The molecule has 0 heterocycles. The van der Waals surface area contributed by atoms with Crippen molar-refractivity contribution >= 4 is 5.97 Å². The van der Waals surface area contributed by atoms with Crippen LogP contribution in [0.1, 0.15) is 26.2 Å². The second kappa shape index (κ2) is 9.48. The number of aliphatic carboxylic acids is 1. The van der Waals surface area contributed by atoms with Gasteiger partial charge in [-0.1, -0.05) is 6.92 Å². The maximum atomic E-state index is 10.1. The van der Waals surface area contributed by atoms with E-state index in [4.69, 9.17) is 9.84 Å². The molecular formula is C9H19NO3. The second-order valence-electron chi connectivity index (χ2n) is 2.86. The van der Waals surface area contributed by atoms with Gasteiger partial charge in [-0.25, -0.2) is 0 Å². The summed E-state index contributed by atoms with van der Waals surface area (Å²) in [6.45, 7) is 5.02. The molecule has 0 radical (unpaired) electrons. The van der Waals surface area contributed by atoms with Gasteiger partial charge in [0.15, 0.2) is 0 Å². The summed E-state index contributed by atoms with van der Waals surface area (Å²) in [5.74, 6) is -0.755. The smallest absolute Gasteiger partial charge is 0.304 e. The standard InChI is InChI=1S/C9H19NO3/c1-2-7-13-8-3-5-10-6-4-9(11)12/h10H,2-8H2,1H3,(H,11,12). The Labute approximate surface area is 79.3 Å². The Bertz CT molecular complexity index is 128. The third-order valence-corrected chi connectivity index (χ3v) is 1.51. The first-order chi connectivity index (χ1) is 6.27. The quantitative estimate of drug-likeness (QED) is 0.528. The number of carboxylic acids is 1. The van der Waals surface area contributed by atoms with Crippen molar-refractivity contribution in [1.82, 2.24) is 5.32 Å². The van der Waals surface area contributed by atoms with Crippen molar-refractivity contribution in [3.63, 3.8) is 0 Å². The largest absolute Gasteiger partial charge is 0.481 e. The molecule has 0 aromatic carbocycles. The first-order valence-corrected chi connectivity index (χ1v) is 4.77. The van der Waals surface area contributed by atoms with Crippen LogP contribution in [0.25, 0.3) is 0 Å². The molecule has 0 bridgehead atoms. The summed E-state index contributed by atoms with van der Waals surface area (Å²) in [6.07, 6.45) is 2.18. The molecule has 0 saturated heterocycles. The third kappa shape index (κ3) is 11.4. The number of rotatable bonds is 9. The maximum absolute atomic E-state index is 10.1. The van der Waals surface area contributed by atoms with E-state index in [-0.39, 0.29) is 6.42 Å². The minimum atomic E-state index is -0.755. The topological polar surface area (TPSA) is 58.6 Å². The first-order valence-electron chi connectivity index (χ1n) is 4.77. The SMILES string of the molecule is CCCOCCCNCCC(=O)O. The zero-order valence-electron chi connectivity index (χ0n) is 8.21. The van der Waals surface area contributed by atoms with Gasteiger partial charge in [0.1, 0.15) is 0 Å². The van der Waals surface area contributed by atoms with Gasteiger partial charge in [-0.3, -0.25) is 4.79 Å². The van der Waals surface area contributed by atoms with Gasteiger partial charge in [0.05, 0.1) is 6.42 Å². The Morgan fingerprint density at radius 2 is 2.15 bits per heavy atom. The molecule has 0 rings (SSSR count). The molecule has 4 heteroatoms. The van der Waals surface area contributed by atoms with E-state index in [1.54, 1.807) is 0 Å². The molecule has 2 N–H and O–H groups in total. The average molecular weight is 189 g/mol. The number of ether oxygens (including phenoxy) is 1. The van der Waals surface area contributed by atoms with Gasteiger partial charge in [0, 0.05) is 19.8 Å². The predicted molar refractivity (Wildman–Crippen MR) is 50.8 cm³/mol. The number of hydrogen-bond acceptors (Lipinski definition) is 3. The zero-order valence-corrected chi connectivity index (χ0v) is 8.21. The fourth-order valence-corrected chi connectivity index (χ4v) is 0.866. The highest BCUT2D eigenvalue weighted by Gasteiger charge is 1.94. The van der Waals surface area contributed by atoms with Crippen LogP contribution in [0, 0.1) is 0 Å². The van der Waals surface area contributed by atoms with Crippen molar-refractivity contribution in [2.75, 3.05) is 26.3 Å². The Morgan fingerprint density at radius 1 is 1.38 bits per heavy atom. The minimum Gasteiger partial charge on any atom is -0.481 e. The van der Waals surface area contributed by atoms with Gasteiger partial charge in [-0.2, -0.15) is 0 Å². The van der Waals surface area contributed by atoms with Crippen molar-refractivity contribution in [2.24, 2.45) is 0 Å². The lowest BCUT2D eigenvalue weighted by Gasteiger charge is -2.03. The lowest BCUT2D eigenvalue weighted by molar-refractivity contribution is -0.136. The molecule has 78 valence electrons. The highest BCUT2D eigenvalue weighted by atomic mass is 16.5.